The number of ketones is 1. The van der Waals surface area contributed by atoms with Gasteiger partial charge in [0.25, 0.3) is 0 Å². The number of carbonyl (C=O) groups excluding carboxylic acids is 1. The van der Waals surface area contributed by atoms with Gasteiger partial charge in [-0.25, -0.2) is 24.8 Å². The number of benzene rings is 2. The number of fused-ring (bicyclic) bond motifs is 4. The van der Waals surface area contributed by atoms with Crippen molar-refractivity contribution in [2.24, 2.45) is 11.8 Å². The van der Waals surface area contributed by atoms with Crippen molar-refractivity contribution in [1.82, 2.24) is 19.9 Å². The molecule has 0 unspecified atom stereocenters. The van der Waals surface area contributed by atoms with Crippen LogP contribution < -0.4 is 0 Å². The highest BCUT2D eigenvalue weighted by molar-refractivity contribution is 6.00. The van der Waals surface area contributed by atoms with E-state index >= 15 is 0 Å². The zero-order valence-corrected chi connectivity index (χ0v) is 20.5. The summed E-state index contributed by atoms with van der Waals surface area (Å²) in [5, 5.41) is 0.886. The molecule has 2 aliphatic carbocycles. The number of aromatic nitrogens is 4. The second kappa shape index (κ2) is 8.17. The minimum atomic E-state index is -0.556. The molecule has 0 amide bonds. The summed E-state index contributed by atoms with van der Waals surface area (Å²) in [5.74, 6) is 0.301. The number of rotatable bonds is 2. The van der Waals surface area contributed by atoms with Gasteiger partial charge in [-0.05, 0) is 37.8 Å². The highest BCUT2D eigenvalue weighted by Gasteiger charge is 2.49. The molecular formula is C30H25N5O. The summed E-state index contributed by atoms with van der Waals surface area (Å²) in [7, 11) is 0. The molecule has 176 valence electrons. The summed E-state index contributed by atoms with van der Waals surface area (Å²) < 4.78 is 0. The Morgan fingerprint density at radius 2 is 1.89 bits per heavy atom. The lowest BCUT2D eigenvalue weighted by atomic mass is 9.58. The van der Waals surface area contributed by atoms with Crippen LogP contribution in [0.1, 0.15) is 37.1 Å². The molecule has 6 nitrogen and oxygen atoms in total. The number of carbonyl (C=O) groups is 1. The lowest BCUT2D eigenvalue weighted by Crippen LogP contribution is -2.46. The zero-order valence-electron chi connectivity index (χ0n) is 20.5. The smallest absolute Gasteiger partial charge is 0.226 e. The van der Waals surface area contributed by atoms with Gasteiger partial charge in [0, 0.05) is 27.8 Å². The third-order valence-corrected chi connectivity index (χ3v) is 7.87. The van der Waals surface area contributed by atoms with Gasteiger partial charge in [0.05, 0.1) is 23.5 Å². The number of hydrogen-bond donors (Lipinski definition) is 0. The normalized spacial score (nSPS) is 22.9. The summed E-state index contributed by atoms with van der Waals surface area (Å²) in [6, 6.07) is 16.2. The van der Waals surface area contributed by atoms with Crippen LogP contribution >= 0.6 is 0 Å². The van der Waals surface area contributed by atoms with Gasteiger partial charge in [-0.15, -0.1) is 0 Å². The maximum Gasteiger partial charge on any atom is 0.226 e. The molecule has 6 heteroatoms. The first-order chi connectivity index (χ1) is 17.4. The van der Waals surface area contributed by atoms with Crippen LogP contribution in [0.5, 0.6) is 0 Å². The molecule has 36 heavy (non-hydrogen) atoms. The number of para-hydroxylation sites is 1. The first kappa shape index (κ1) is 22.2. The molecule has 0 saturated heterocycles. The molecular weight excluding hydrogens is 446 g/mol. The summed E-state index contributed by atoms with van der Waals surface area (Å²) in [5.41, 5.74) is 6.22. The van der Waals surface area contributed by atoms with Crippen LogP contribution in [0.2, 0.25) is 0 Å². The SMILES string of the molecule is [C-]#[N+]C1=C[C@@]2(C)c3nc(-c4ncnc5ccccc45)nc(-c4cccc(C)c4)c3CC[C@@H]2[C@@H](C)C1=O. The number of aryl methyl sites for hydroxylation is 1. The fourth-order valence-electron chi connectivity index (χ4n) is 6.06. The molecule has 6 rings (SSSR count). The van der Waals surface area contributed by atoms with Crippen LogP contribution in [0.25, 0.3) is 38.5 Å². The molecule has 0 fully saturated rings. The van der Waals surface area contributed by atoms with Crippen LogP contribution in [0, 0.1) is 25.3 Å². The van der Waals surface area contributed by atoms with Crippen LogP contribution in [0.15, 0.2) is 66.6 Å². The number of Topliss-reactive ketones (excluding diaryl/α,β-unsaturated/α-hetero) is 1. The number of allylic oxidation sites excluding steroid dienone is 2. The topological polar surface area (TPSA) is 73.0 Å². The van der Waals surface area contributed by atoms with E-state index in [-0.39, 0.29) is 23.3 Å². The van der Waals surface area contributed by atoms with Gasteiger partial charge < -0.3 is 4.79 Å². The van der Waals surface area contributed by atoms with Crippen molar-refractivity contribution in [3.8, 4) is 22.8 Å². The van der Waals surface area contributed by atoms with Gasteiger partial charge in [0.1, 0.15) is 12.0 Å². The van der Waals surface area contributed by atoms with Crippen molar-refractivity contribution < 1.29 is 4.79 Å². The van der Waals surface area contributed by atoms with Gasteiger partial charge in [-0.2, -0.15) is 0 Å². The highest BCUT2D eigenvalue weighted by Crippen LogP contribution is 2.51. The van der Waals surface area contributed by atoms with Gasteiger partial charge in [-0.1, -0.05) is 61.9 Å². The van der Waals surface area contributed by atoms with Crippen molar-refractivity contribution >= 4 is 16.7 Å². The first-order valence-corrected chi connectivity index (χ1v) is 12.2. The minimum Gasteiger partial charge on any atom is -0.308 e. The minimum absolute atomic E-state index is 0.0640. The third kappa shape index (κ3) is 3.27. The van der Waals surface area contributed by atoms with Crippen molar-refractivity contribution in [2.45, 2.75) is 39.0 Å². The van der Waals surface area contributed by atoms with Gasteiger partial charge in [0.2, 0.25) is 5.70 Å². The van der Waals surface area contributed by atoms with E-state index in [1.165, 1.54) is 0 Å². The molecule has 4 aromatic rings. The van der Waals surface area contributed by atoms with E-state index in [0.717, 1.165) is 51.8 Å². The lowest BCUT2D eigenvalue weighted by Gasteiger charge is -2.46. The Morgan fingerprint density at radius 1 is 1.06 bits per heavy atom. The molecule has 3 atom stereocenters. The second-order valence-electron chi connectivity index (χ2n) is 10.1. The van der Waals surface area contributed by atoms with Crippen molar-refractivity contribution in [3.63, 3.8) is 0 Å². The first-order valence-electron chi connectivity index (χ1n) is 12.2. The van der Waals surface area contributed by atoms with E-state index in [1.54, 1.807) is 6.33 Å². The largest absolute Gasteiger partial charge is 0.308 e. The number of nitrogens with zero attached hydrogens (tertiary/aromatic N) is 5. The van der Waals surface area contributed by atoms with Gasteiger partial charge in [-0.3, -0.25) is 0 Å². The van der Waals surface area contributed by atoms with Crippen molar-refractivity contribution in [1.29, 1.82) is 0 Å². The molecule has 0 spiro atoms. The summed E-state index contributed by atoms with van der Waals surface area (Å²) in [6.45, 7) is 13.8. The van der Waals surface area contributed by atoms with Crippen LogP contribution in [0.3, 0.4) is 0 Å². The van der Waals surface area contributed by atoms with Crippen molar-refractivity contribution in [3.05, 3.63) is 94.9 Å². The Labute approximate surface area is 210 Å². The van der Waals surface area contributed by atoms with E-state index in [0.29, 0.717) is 11.5 Å². The molecule has 2 heterocycles. The predicted molar refractivity (Wildman–Crippen MR) is 139 cm³/mol. The van der Waals surface area contributed by atoms with E-state index < -0.39 is 5.41 Å². The Balaban J connectivity index is 1.69. The van der Waals surface area contributed by atoms with E-state index in [9.17, 15) is 4.79 Å². The Kier molecular flexibility index (Phi) is 5.04. The maximum atomic E-state index is 12.9. The zero-order chi connectivity index (χ0) is 25.0. The molecule has 2 aliphatic rings. The Hall–Kier alpha value is -4.24. The van der Waals surface area contributed by atoms with Crippen LogP contribution in [-0.4, -0.2) is 25.7 Å². The molecule has 2 aromatic carbocycles. The summed E-state index contributed by atoms with van der Waals surface area (Å²) in [6.07, 6.45) is 5.04. The lowest BCUT2D eigenvalue weighted by molar-refractivity contribution is -0.121. The average Bonchev–Trinajstić information content (AvgIpc) is 2.90. The van der Waals surface area contributed by atoms with Crippen LogP contribution in [0.4, 0.5) is 0 Å². The Bertz CT molecular complexity index is 1630. The molecule has 0 aliphatic heterocycles. The van der Waals surface area contributed by atoms with Gasteiger partial charge >= 0.3 is 0 Å². The molecule has 0 radical (unpaired) electrons. The Morgan fingerprint density at radius 3 is 2.69 bits per heavy atom. The van der Waals surface area contributed by atoms with E-state index in [1.807, 2.05) is 43.3 Å². The molecule has 2 aromatic heterocycles. The van der Waals surface area contributed by atoms with Crippen LogP contribution in [-0.2, 0) is 16.6 Å². The molecule has 0 bridgehead atoms. The van der Waals surface area contributed by atoms with E-state index in [4.69, 9.17) is 16.5 Å². The van der Waals surface area contributed by atoms with Gasteiger partial charge in [0.15, 0.2) is 11.6 Å². The highest BCUT2D eigenvalue weighted by atomic mass is 16.1. The monoisotopic (exact) mass is 471 g/mol. The fraction of sp³-hybridized carbons (Fsp3) is 0.267. The third-order valence-electron chi connectivity index (χ3n) is 7.87. The molecule has 0 N–H and O–H groups in total. The number of hydrogen-bond acceptors (Lipinski definition) is 5. The van der Waals surface area contributed by atoms with E-state index in [2.05, 4.69) is 46.9 Å². The maximum absolute atomic E-state index is 12.9. The fourth-order valence-corrected chi connectivity index (χ4v) is 6.06. The standard InChI is InChI=1S/C30H25N5O/c1-17-8-7-9-19(14-17)25-21-12-13-22-18(2)27(36)24(31-4)15-30(22,3)28(21)35-29(34-25)26-20-10-5-6-11-23(20)32-16-33-26/h5-11,14-16,18,22H,12-13H2,1-3H3/t18-,22-,30-/m1/s1. The summed E-state index contributed by atoms with van der Waals surface area (Å²) >= 11 is 0. The average molecular weight is 472 g/mol. The quantitative estimate of drug-likeness (QED) is 0.340. The van der Waals surface area contributed by atoms with Crippen molar-refractivity contribution in [2.75, 3.05) is 0 Å². The summed E-state index contributed by atoms with van der Waals surface area (Å²) in [4.78, 5) is 35.8. The second-order valence-corrected chi connectivity index (χ2v) is 10.1. The molecule has 0 saturated carbocycles. The predicted octanol–water partition coefficient (Wildman–Crippen LogP) is 5.90.